The highest BCUT2D eigenvalue weighted by atomic mass is 16.3. The summed E-state index contributed by atoms with van der Waals surface area (Å²) in [6.45, 7) is 4.37. The highest BCUT2D eigenvalue weighted by Gasteiger charge is 2.30. The van der Waals surface area contributed by atoms with Crippen molar-refractivity contribution >= 4 is 6.03 Å². The summed E-state index contributed by atoms with van der Waals surface area (Å²) in [5.74, 6) is 0. The average Bonchev–Trinajstić information content (AvgIpc) is 3.20. The van der Waals surface area contributed by atoms with Gasteiger partial charge in [0.2, 0.25) is 0 Å². The molecule has 0 saturated carbocycles. The standard InChI is InChI=1S/C27H31N5O3/c1-29-10-8-22(14-26(29)34)25-7-6-20(15-28-25)16-31-12-13-32(27(31)35)19-24(33)18-30-11-9-21-4-2-3-5-23(21)17-30/h2-8,10,14-15,24,33H,9,11-13,16-19H2,1H3/t24-/m1/s1. The molecule has 0 spiro atoms. The normalized spacial score (nSPS) is 17.0. The second-order valence-electron chi connectivity index (χ2n) is 9.47. The average molecular weight is 474 g/mol. The summed E-state index contributed by atoms with van der Waals surface area (Å²) < 4.78 is 1.52. The molecule has 1 fully saturated rings. The quantitative estimate of drug-likeness (QED) is 0.569. The zero-order valence-corrected chi connectivity index (χ0v) is 20.0. The highest BCUT2D eigenvalue weighted by molar-refractivity contribution is 5.76. The van der Waals surface area contributed by atoms with E-state index in [0.717, 1.165) is 36.3 Å². The number of aromatic nitrogens is 2. The minimum Gasteiger partial charge on any atom is -0.390 e. The van der Waals surface area contributed by atoms with Crippen LogP contribution in [-0.4, -0.2) is 74.2 Å². The van der Waals surface area contributed by atoms with Crippen molar-refractivity contribution < 1.29 is 9.90 Å². The summed E-state index contributed by atoms with van der Waals surface area (Å²) in [7, 11) is 1.71. The predicted octanol–water partition coefficient (Wildman–Crippen LogP) is 2.10. The third-order valence-corrected chi connectivity index (χ3v) is 6.89. The number of pyridine rings is 2. The van der Waals surface area contributed by atoms with Gasteiger partial charge in [0.15, 0.2) is 0 Å². The van der Waals surface area contributed by atoms with Crippen LogP contribution in [0.1, 0.15) is 16.7 Å². The van der Waals surface area contributed by atoms with E-state index in [2.05, 4.69) is 34.1 Å². The van der Waals surface area contributed by atoms with Crippen molar-refractivity contribution in [3.63, 3.8) is 0 Å². The largest absolute Gasteiger partial charge is 0.390 e. The summed E-state index contributed by atoms with van der Waals surface area (Å²) in [6, 6.07) is 15.7. The Bertz CT molecular complexity index is 1260. The highest BCUT2D eigenvalue weighted by Crippen LogP contribution is 2.20. The number of carbonyl (C=O) groups is 1. The second-order valence-corrected chi connectivity index (χ2v) is 9.47. The molecule has 3 aromatic rings. The second kappa shape index (κ2) is 10.0. The molecule has 5 rings (SSSR count). The monoisotopic (exact) mass is 473 g/mol. The molecule has 35 heavy (non-hydrogen) atoms. The molecular weight excluding hydrogens is 442 g/mol. The summed E-state index contributed by atoms with van der Waals surface area (Å²) >= 11 is 0. The molecule has 0 unspecified atom stereocenters. The summed E-state index contributed by atoms with van der Waals surface area (Å²) in [4.78, 5) is 35.1. The number of benzene rings is 1. The van der Waals surface area contributed by atoms with Crippen LogP contribution in [0.5, 0.6) is 0 Å². The van der Waals surface area contributed by atoms with E-state index in [1.54, 1.807) is 35.3 Å². The van der Waals surface area contributed by atoms with Crippen LogP contribution in [0.3, 0.4) is 0 Å². The molecule has 2 aliphatic heterocycles. The fourth-order valence-electron chi connectivity index (χ4n) is 4.89. The lowest BCUT2D eigenvalue weighted by Crippen LogP contribution is -2.43. The SMILES string of the molecule is Cn1ccc(-c2ccc(CN3CCN(C[C@H](O)CN4CCc5ccccc5C4)C3=O)cn2)cc1=O. The third-order valence-electron chi connectivity index (χ3n) is 6.89. The molecule has 1 aromatic carbocycles. The predicted molar refractivity (Wildman–Crippen MR) is 134 cm³/mol. The van der Waals surface area contributed by atoms with Crippen LogP contribution in [0.2, 0.25) is 0 Å². The molecule has 2 aromatic heterocycles. The maximum absolute atomic E-state index is 12.9. The van der Waals surface area contributed by atoms with Gasteiger partial charge in [0.1, 0.15) is 0 Å². The van der Waals surface area contributed by atoms with Crippen LogP contribution in [0.25, 0.3) is 11.3 Å². The van der Waals surface area contributed by atoms with Gasteiger partial charge in [-0.3, -0.25) is 14.7 Å². The van der Waals surface area contributed by atoms with E-state index in [9.17, 15) is 14.7 Å². The first-order valence-corrected chi connectivity index (χ1v) is 12.1. The van der Waals surface area contributed by atoms with E-state index in [0.29, 0.717) is 32.7 Å². The Balaban J connectivity index is 1.13. The molecule has 0 bridgehead atoms. The van der Waals surface area contributed by atoms with E-state index in [-0.39, 0.29) is 11.6 Å². The Kier molecular flexibility index (Phi) is 6.66. The minimum absolute atomic E-state index is 0.0522. The Morgan fingerprint density at radius 2 is 1.77 bits per heavy atom. The van der Waals surface area contributed by atoms with Gasteiger partial charge in [-0.05, 0) is 35.2 Å². The van der Waals surface area contributed by atoms with Gasteiger partial charge in [0, 0.05) is 76.9 Å². The zero-order valence-electron chi connectivity index (χ0n) is 20.0. The molecule has 8 heteroatoms. The van der Waals surface area contributed by atoms with Gasteiger partial charge in [0.25, 0.3) is 5.56 Å². The molecule has 2 amide bonds. The van der Waals surface area contributed by atoms with Crippen molar-refractivity contribution in [3.8, 4) is 11.3 Å². The number of amides is 2. The number of carbonyl (C=O) groups excluding carboxylic acids is 1. The number of aryl methyl sites for hydroxylation is 1. The van der Waals surface area contributed by atoms with Crippen LogP contribution in [0.15, 0.2) is 65.7 Å². The molecule has 8 nitrogen and oxygen atoms in total. The Morgan fingerprint density at radius 1 is 0.971 bits per heavy atom. The molecule has 0 radical (unpaired) electrons. The molecule has 0 aliphatic carbocycles. The number of fused-ring (bicyclic) bond motifs is 1. The van der Waals surface area contributed by atoms with Gasteiger partial charge in [-0.1, -0.05) is 30.3 Å². The molecule has 2 aliphatic rings. The topological polar surface area (TPSA) is 81.9 Å². The van der Waals surface area contributed by atoms with E-state index in [4.69, 9.17) is 0 Å². The molecule has 182 valence electrons. The minimum atomic E-state index is -0.580. The van der Waals surface area contributed by atoms with E-state index < -0.39 is 6.10 Å². The summed E-state index contributed by atoms with van der Waals surface area (Å²) in [6.07, 6.45) is 3.89. The van der Waals surface area contributed by atoms with Crippen LogP contribution in [0.4, 0.5) is 4.79 Å². The van der Waals surface area contributed by atoms with Crippen molar-refractivity contribution in [2.45, 2.75) is 25.6 Å². The van der Waals surface area contributed by atoms with E-state index in [1.807, 2.05) is 18.2 Å². The zero-order chi connectivity index (χ0) is 24.4. The van der Waals surface area contributed by atoms with Crippen LogP contribution >= 0.6 is 0 Å². The number of hydrogen-bond donors (Lipinski definition) is 1. The first-order valence-electron chi connectivity index (χ1n) is 12.1. The Morgan fingerprint density at radius 3 is 2.54 bits per heavy atom. The molecule has 1 saturated heterocycles. The fraction of sp³-hybridized carbons (Fsp3) is 0.370. The van der Waals surface area contributed by atoms with Gasteiger partial charge in [-0.25, -0.2) is 4.79 Å². The van der Waals surface area contributed by atoms with Crippen molar-refractivity contribution in [3.05, 3.63) is 88.0 Å². The van der Waals surface area contributed by atoms with Crippen molar-refractivity contribution in [2.75, 3.05) is 32.7 Å². The summed E-state index contributed by atoms with van der Waals surface area (Å²) in [5, 5.41) is 10.7. The number of aliphatic hydroxyl groups is 1. The maximum atomic E-state index is 12.9. The molecule has 4 heterocycles. The van der Waals surface area contributed by atoms with Gasteiger partial charge in [-0.2, -0.15) is 0 Å². The van der Waals surface area contributed by atoms with Crippen molar-refractivity contribution in [2.24, 2.45) is 7.05 Å². The van der Waals surface area contributed by atoms with Crippen molar-refractivity contribution in [1.29, 1.82) is 0 Å². The first-order chi connectivity index (χ1) is 17.0. The Labute approximate surface area is 205 Å². The van der Waals surface area contributed by atoms with Crippen LogP contribution in [0, 0.1) is 0 Å². The fourth-order valence-corrected chi connectivity index (χ4v) is 4.89. The lowest BCUT2D eigenvalue weighted by molar-refractivity contribution is 0.0812. The van der Waals surface area contributed by atoms with Crippen molar-refractivity contribution in [1.82, 2.24) is 24.3 Å². The van der Waals surface area contributed by atoms with Gasteiger partial charge in [0.05, 0.1) is 11.8 Å². The van der Waals surface area contributed by atoms with E-state index in [1.165, 1.54) is 15.7 Å². The van der Waals surface area contributed by atoms with E-state index >= 15 is 0 Å². The Hall–Kier alpha value is -3.49. The lowest BCUT2D eigenvalue weighted by atomic mass is 10.00. The number of β-amino-alcohol motifs (C(OH)–C–C–N with tert-alkyl or cyclic N) is 1. The molecular formula is C27H31N5O3. The first kappa shape index (κ1) is 23.3. The molecule has 1 atom stereocenters. The lowest BCUT2D eigenvalue weighted by Gasteiger charge is -2.31. The van der Waals surface area contributed by atoms with Crippen LogP contribution < -0.4 is 5.56 Å². The summed E-state index contributed by atoms with van der Waals surface area (Å²) in [5.41, 5.74) is 5.06. The van der Waals surface area contributed by atoms with Gasteiger partial charge in [-0.15, -0.1) is 0 Å². The smallest absolute Gasteiger partial charge is 0.320 e. The number of urea groups is 1. The third kappa shape index (κ3) is 5.28. The van der Waals surface area contributed by atoms with Crippen LogP contribution in [-0.2, 0) is 26.6 Å². The van der Waals surface area contributed by atoms with Gasteiger partial charge >= 0.3 is 6.03 Å². The number of aliphatic hydroxyl groups excluding tert-OH is 1. The number of nitrogens with zero attached hydrogens (tertiary/aromatic N) is 5. The van der Waals surface area contributed by atoms with Gasteiger partial charge < -0.3 is 19.5 Å². The number of hydrogen-bond acceptors (Lipinski definition) is 5. The maximum Gasteiger partial charge on any atom is 0.320 e. The number of rotatable bonds is 7. The molecule has 1 N–H and O–H groups in total.